The number of carboxylic acid groups (broad SMARTS) is 1. The van der Waals surface area contributed by atoms with Gasteiger partial charge < -0.3 is 19.6 Å². The van der Waals surface area contributed by atoms with Crippen LogP contribution in [-0.2, 0) is 22.4 Å². The van der Waals surface area contributed by atoms with Gasteiger partial charge in [-0.15, -0.1) is 0 Å². The minimum Gasteiger partial charge on any atom is -0.477 e. The maximum atomic E-state index is 13.2. The topological polar surface area (TPSA) is 83.0 Å². The summed E-state index contributed by atoms with van der Waals surface area (Å²) in [5.41, 5.74) is 1.51. The molecule has 0 radical (unpaired) electrons. The van der Waals surface area contributed by atoms with Gasteiger partial charge in [0.15, 0.2) is 5.13 Å². The van der Waals surface area contributed by atoms with E-state index >= 15 is 0 Å². The van der Waals surface area contributed by atoms with Crippen LogP contribution in [0.4, 0.5) is 10.8 Å². The summed E-state index contributed by atoms with van der Waals surface area (Å²) in [6, 6.07) is 6.11. The molecule has 1 unspecified atom stereocenters. The predicted molar refractivity (Wildman–Crippen MR) is 103 cm³/mol. The number of carbonyl (C=O) groups excluding carboxylic acids is 1. The second-order valence-electron chi connectivity index (χ2n) is 6.47. The number of carbonyl (C=O) groups is 2. The highest BCUT2D eigenvalue weighted by Crippen LogP contribution is 2.33. The van der Waals surface area contributed by atoms with Crippen LogP contribution in [0.25, 0.3) is 0 Å². The Hall–Kier alpha value is -2.45. The van der Waals surface area contributed by atoms with Gasteiger partial charge in [-0.25, -0.2) is 9.78 Å². The van der Waals surface area contributed by atoms with Crippen LogP contribution in [0.2, 0.25) is 0 Å². The highest BCUT2D eigenvalue weighted by molar-refractivity contribution is 7.17. The molecular weight excluding hydrogens is 366 g/mol. The molecule has 0 spiro atoms. The van der Waals surface area contributed by atoms with Gasteiger partial charge in [-0.05, 0) is 24.9 Å². The van der Waals surface area contributed by atoms with Gasteiger partial charge in [0.2, 0.25) is 5.91 Å². The number of aromatic carboxylic acids is 1. The Bertz CT molecular complexity index is 972. The van der Waals surface area contributed by atoms with Crippen LogP contribution in [0.3, 0.4) is 0 Å². The van der Waals surface area contributed by atoms with Crippen molar-refractivity contribution in [2.24, 2.45) is 0 Å². The third-order valence-electron chi connectivity index (χ3n) is 4.73. The Morgan fingerprint density at radius 2 is 2.15 bits per heavy atom. The Morgan fingerprint density at radius 1 is 1.37 bits per heavy atom. The number of rotatable bonds is 4. The van der Waals surface area contributed by atoms with Crippen LogP contribution in [0, 0.1) is 0 Å². The van der Waals surface area contributed by atoms with E-state index in [0.717, 1.165) is 16.9 Å². The Labute approximate surface area is 165 Å². The van der Waals surface area contributed by atoms with Crippen LogP contribution < -0.4 is 9.80 Å². The van der Waals surface area contributed by atoms with E-state index < -0.39 is 24.8 Å². The van der Waals surface area contributed by atoms with Crippen molar-refractivity contribution < 1.29 is 23.5 Å². The van der Waals surface area contributed by atoms with E-state index in [4.69, 9.17) is 8.85 Å². The smallest absolute Gasteiger partial charge is 0.347 e. The summed E-state index contributed by atoms with van der Waals surface area (Å²) in [7, 11) is 0. The van der Waals surface area contributed by atoms with E-state index in [9.17, 15) is 14.7 Å². The normalized spacial score (nSPS) is 21.3. The molecule has 142 valence electrons. The first-order valence-corrected chi connectivity index (χ1v) is 9.53. The summed E-state index contributed by atoms with van der Waals surface area (Å²) in [4.78, 5) is 32.6. The largest absolute Gasteiger partial charge is 0.477 e. The van der Waals surface area contributed by atoms with E-state index in [-0.39, 0.29) is 23.4 Å². The van der Waals surface area contributed by atoms with Crippen molar-refractivity contribution in [2.75, 3.05) is 36.1 Å². The van der Waals surface area contributed by atoms with Gasteiger partial charge in [-0.3, -0.25) is 4.79 Å². The summed E-state index contributed by atoms with van der Waals surface area (Å²) in [6.45, 7) is -0.103. The quantitative estimate of drug-likeness (QED) is 0.862. The first-order valence-electron chi connectivity index (χ1n) is 10.2. The standard InChI is InChI=1S/C19H21N3O4S/c1-12-10-13-4-2-3-5-15(13)22(12)16(23)11-14-17(18(24)25)27-19(20-14)21-6-8-26-9-7-21/h2-5,12H,6-11H2,1H3,(H,24,25)/i1D3. The first-order chi connectivity index (χ1) is 14.3. The van der Waals surface area contributed by atoms with Gasteiger partial charge in [0.25, 0.3) is 0 Å². The number of morpholine rings is 1. The summed E-state index contributed by atoms with van der Waals surface area (Å²) in [6.07, 6.45) is -0.0380. The number of nitrogens with zero attached hydrogens (tertiary/aromatic N) is 3. The minimum atomic E-state index is -2.36. The van der Waals surface area contributed by atoms with Crippen molar-refractivity contribution in [1.82, 2.24) is 4.98 Å². The number of carboxylic acids is 1. The van der Waals surface area contributed by atoms with Crippen LogP contribution in [0.5, 0.6) is 0 Å². The van der Waals surface area contributed by atoms with Crippen molar-refractivity contribution in [3.63, 3.8) is 0 Å². The molecule has 2 aliphatic rings. The molecule has 1 aromatic carbocycles. The molecule has 1 atom stereocenters. The fourth-order valence-corrected chi connectivity index (χ4v) is 4.41. The van der Waals surface area contributed by atoms with Crippen molar-refractivity contribution in [2.45, 2.75) is 25.7 Å². The Morgan fingerprint density at radius 3 is 2.89 bits per heavy atom. The number of benzene rings is 1. The number of hydrogen-bond acceptors (Lipinski definition) is 6. The van der Waals surface area contributed by atoms with Gasteiger partial charge in [0, 0.05) is 28.9 Å². The highest BCUT2D eigenvalue weighted by atomic mass is 32.1. The molecule has 7 nitrogen and oxygen atoms in total. The summed E-state index contributed by atoms with van der Waals surface area (Å²) in [5, 5.41) is 10.1. The molecule has 4 rings (SSSR count). The Kier molecular flexibility index (Phi) is 3.94. The molecule has 0 saturated carbocycles. The molecular formula is C19H21N3O4S. The van der Waals surface area contributed by atoms with Gasteiger partial charge in [-0.2, -0.15) is 0 Å². The Balaban J connectivity index is 1.64. The van der Waals surface area contributed by atoms with Gasteiger partial charge in [0.05, 0.1) is 25.3 Å². The maximum Gasteiger partial charge on any atom is 0.347 e. The molecule has 1 saturated heterocycles. The molecule has 27 heavy (non-hydrogen) atoms. The van der Waals surface area contributed by atoms with Gasteiger partial charge in [-0.1, -0.05) is 29.5 Å². The van der Waals surface area contributed by atoms with Crippen molar-refractivity contribution >= 4 is 34.0 Å². The molecule has 1 N–H and O–H groups in total. The number of hydrogen-bond donors (Lipinski definition) is 1. The van der Waals surface area contributed by atoms with Crippen LogP contribution in [0.15, 0.2) is 24.3 Å². The number of amides is 1. The lowest BCUT2D eigenvalue weighted by Crippen LogP contribution is -2.37. The molecule has 1 aromatic heterocycles. The SMILES string of the molecule is [2H]C([2H])([2H])C1Cc2ccccc2N1C(=O)Cc1nc(N2CCOCC2)sc1C(=O)O. The summed E-state index contributed by atoms with van der Waals surface area (Å²) in [5.74, 6) is -1.62. The number of para-hydroxylation sites is 1. The van der Waals surface area contributed by atoms with Crippen LogP contribution >= 0.6 is 11.3 Å². The minimum absolute atomic E-state index is 0.00255. The summed E-state index contributed by atoms with van der Waals surface area (Å²) < 4.78 is 28.9. The molecule has 2 aromatic rings. The highest BCUT2D eigenvalue weighted by Gasteiger charge is 2.32. The van der Waals surface area contributed by atoms with Crippen molar-refractivity contribution in [1.29, 1.82) is 0 Å². The van der Waals surface area contributed by atoms with E-state index in [1.165, 1.54) is 4.90 Å². The van der Waals surface area contributed by atoms with Gasteiger partial charge in [0.1, 0.15) is 4.88 Å². The number of ether oxygens (including phenoxy) is 1. The average Bonchev–Trinajstić information content (AvgIpc) is 3.30. The van der Waals surface area contributed by atoms with Crippen molar-refractivity contribution in [3.05, 3.63) is 40.4 Å². The maximum absolute atomic E-state index is 13.2. The monoisotopic (exact) mass is 390 g/mol. The predicted octanol–water partition coefficient (Wildman–Crippen LogP) is 2.20. The lowest BCUT2D eigenvalue weighted by atomic mass is 10.1. The van der Waals surface area contributed by atoms with E-state index in [1.54, 1.807) is 18.2 Å². The average molecular weight is 390 g/mol. The number of anilines is 2. The molecule has 0 aliphatic carbocycles. The zero-order chi connectivity index (χ0) is 21.5. The second kappa shape index (κ2) is 7.28. The molecule has 0 bridgehead atoms. The fourth-order valence-electron chi connectivity index (χ4n) is 3.44. The van der Waals surface area contributed by atoms with Crippen molar-refractivity contribution in [3.8, 4) is 0 Å². The number of fused-ring (bicyclic) bond motifs is 1. The number of thiazole rings is 1. The number of aromatic nitrogens is 1. The lowest BCUT2D eigenvalue weighted by Gasteiger charge is -2.26. The molecule has 8 heteroatoms. The molecule has 1 amide bonds. The van der Waals surface area contributed by atoms with Crippen LogP contribution in [0.1, 0.15) is 31.9 Å². The zero-order valence-electron chi connectivity index (χ0n) is 17.6. The first kappa shape index (κ1) is 14.6. The third kappa shape index (κ3) is 3.42. The lowest BCUT2D eigenvalue weighted by molar-refractivity contribution is -0.118. The second-order valence-corrected chi connectivity index (χ2v) is 7.44. The zero-order valence-corrected chi connectivity index (χ0v) is 15.4. The van der Waals surface area contributed by atoms with Crippen LogP contribution in [-0.4, -0.2) is 54.3 Å². The van der Waals surface area contributed by atoms with E-state index in [1.807, 2.05) is 11.0 Å². The summed E-state index contributed by atoms with van der Waals surface area (Å²) >= 11 is 1.03. The molecule has 1 fully saturated rings. The van der Waals surface area contributed by atoms with E-state index in [2.05, 4.69) is 4.98 Å². The fraction of sp³-hybridized carbons (Fsp3) is 0.421. The third-order valence-corrected chi connectivity index (χ3v) is 5.87. The molecule has 2 aliphatic heterocycles. The molecule has 3 heterocycles. The van der Waals surface area contributed by atoms with Gasteiger partial charge >= 0.3 is 5.97 Å². The van der Waals surface area contributed by atoms with E-state index in [0.29, 0.717) is 37.1 Å².